The van der Waals surface area contributed by atoms with Crippen molar-refractivity contribution >= 4 is 17.5 Å². The van der Waals surface area contributed by atoms with Crippen LogP contribution in [0.3, 0.4) is 0 Å². The number of piperidine rings is 1. The molecule has 1 unspecified atom stereocenters. The lowest BCUT2D eigenvalue weighted by molar-refractivity contribution is -0.118. The van der Waals surface area contributed by atoms with Crippen LogP contribution >= 0.6 is 11.8 Å². The van der Waals surface area contributed by atoms with Crippen LogP contribution < -0.4 is 0 Å². The highest BCUT2D eigenvalue weighted by molar-refractivity contribution is 7.99. The fourth-order valence-electron chi connectivity index (χ4n) is 6.97. The molecule has 0 radical (unpaired) electrons. The molecule has 2 nitrogen and oxygen atoms in total. The zero-order valence-corrected chi connectivity index (χ0v) is 17.3. The minimum Gasteiger partial charge on any atom is -0.377 e. The Morgan fingerprint density at radius 1 is 1.28 bits per heavy atom. The lowest BCUT2D eigenvalue weighted by atomic mass is 9.50. The van der Waals surface area contributed by atoms with Crippen molar-refractivity contribution in [2.24, 2.45) is 28.6 Å². The van der Waals surface area contributed by atoms with Gasteiger partial charge in [0, 0.05) is 42.5 Å². The number of nitrogens with zero attached hydrogens (tertiary/aromatic N) is 1. The van der Waals surface area contributed by atoms with E-state index in [1.807, 2.05) is 6.08 Å². The second kappa shape index (κ2) is 6.32. The molecule has 1 aliphatic heterocycles. The lowest BCUT2D eigenvalue weighted by Crippen LogP contribution is -2.56. The number of thioether (sulfide) groups is 1. The molecule has 0 aromatic carbocycles. The van der Waals surface area contributed by atoms with E-state index in [1.54, 1.807) is 0 Å². The number of likely N-dealkylation sites (tertiary alicyclic amines) is 1. The predicted molar refractivity (Wildman–Crippen MR) is 107 cm³/mol. The summed E-state index contributed by atoms with van der Waals surface area (Å²) in [4.78, 5) is 14.5. The van der Waals surface area contributed by atoms with Gasteiger partial charge >= 0.3 is 0 Å². The largest absolute Gasteiger partial charge is 0.377 e. The fourth-order valence-corrected chi connectivity index (χ4v) is 8.39. The van der Waals surface area contributed by atoms with Crippen LogP contribution in [0.4, 0.5) is 0 Å². The Bertz CT molecular complexity index is 587. The molecule has 3 fully saturated rings. The van der Waals surface area contributed by atoms with E-state index in [9.17, 15) is 4.79 Å². The van der Waals surface area contributed by atoms with Crippen LogP contribution in [0.15, 0.2) is 11.8 Å². The van der Waals surface area contributed by atoms with E-state index in [2.05, 4.69) is 44.5 Å². The number of rotatable bonds is 3. The molecule has 1 heterocycles. The number of hydrogen-bond donors (Lipinski definition) is 0. The highest BCUT2D eigenvalue weighted by atomic mass is 32.2. The molecular weight excluding hydrogens is 326 g/mol. The third-order valence-electron chi connectivity index (χ3n) is 8.21. The van der Waals surface area contributed by atoms with Gasteiger partial charge in [-0.1, -0.05) is 20.8 Å². The van der Waals surface area contributed by atoms with Gasteiger partial charge in [-0.05, 0) is 67.4 Å². The van der Waals surface area contributed by atoms with Crippen LogP contribution in [-0.4, -0.2) is 35.3 Å². The molecule has 0 bridgehead atoms. The van der Waals surface area contributed by atoms with Gasteiger partial charge in [-0.25, -0.2) is 0 Å². The number of fused-ring (bicyclic) bond motifs is 5. The van der Waals surface area contributed by atoms with Gasteiger partial charge in [-0.15, -0.1) is 0 Å². The van der Waals surface area contributed by atoms with E-state index >= 15 is 0 Å². The first-order chi connectivity index (χ1) is 11.9. The second-order valence-electron chi connectivity index (χ2n) is 9.80. The van der Waals surface area contributed by atoms with Crippen molar-refractivity contribution in [2.75, 3.05) is 19.3 Å². The Morgan fingerprint density at radius 3 is 2.84 bits per heavy atom. The van der Waals surface area contributed by atoms with E-state index in [0.717, 1.165) is 35.8 Å². The van der Waals surface area contributed by atoms with E-state index in [1.165, 1.54) is 50.1 Å². The molecule has 0 aromatic heterocycles. The maximum atomic E-state index is 12.0. The van der Waals surface area contributed by atoms with Crippen molar-refractivity contribution in [2.45, 2.75) is 71.0 Å². The zero-order chi connectivity index (χ0) is 17.8. The van der Waals surface area contributed by atoms with E-state index in [4.69, 9.17) is 0 Å². The van der Waals surface area contributed by atoms with Crippen molar-refractivity contribution in [1.29, 1.82) is 0 Å². The standard InChI is InChI=1S/C22H35NOS/c1-5-10-25-16-12-19-17-14-23(4)20-11-15(24)6-9-22(20,3)18(17)7-8-21(19,2)13-16/h11,16-19H,5-10,12-14H2,1-4H3/t16?,17-,18-,19+,21-,22-/m1/s1. The number of ketones is 1. The maximum Gasteiger partial charge on any atom is 0.157 e. The highest BCUT2D eigenvalue weighted by Crippen LogP contribution is 2.64. The summed E-state index contributed by atoms with van der Waals surface area (Å²) in [6.07, 6.45) is 10.8. The van der Waals surface area contributed by atoms with Crippen molar-refractivity contribution in [3.05, 3.63) is 11.8 Å². The molecule has 2 saturated carbocycles. The SMILES string of the molecule is CCCSC1C[C@H]2[C@@H]3CN(C)C4=CC(=O)CC[C@]4(C)[C@@H]3CC[C@]2(C)C1. The van der Waals surface area contributed by atoms with Crippen molar-refractivity contribution in [1.82, 2.24) is 4.90 Å². The summed E-state index contributed by atoms with van der Waals surface area (Å²) in [5.41, 5.74) is 2.15. The Kier molecular flexibility index (Phi) is 4.54. The first kappa shape index (κ1) is 17.9. The second-order valence-corrected chi connectivity index (χ2v) is 11.2. The maximum absolute atomic E-state index is 12.0. The molecular formula is C22H35NOS. The molecule has 0 N–H and O–H groups in total. The van der Waals surface area contributed by atoms with Gasteiger partial charge < -0.3 is 4.90 Å². The summed E-state index contributed by atoms with van der Waals surface area (Å²) >= 11 is 2.24. The molecule has 0 aromatic rings. The van der Waals surface area contributed by atoms with Crippen LogP contribution in [0.2, 0.25) is 0 Å². The van der Waals surface area contributed by atoms with Crippen LogP contribution in [0.5, 0.6) is 0 Å². The van der Waals surface area contributed by atoms with Crippen LogP contribution in [-0.2, 0) is 4.79 Å². The van der Waals surface area contributed by atoms with Gasteiger partial charge in [0.25, 0.3) is 0 Å². The van der Waals surface area contributed by atoms with Gasteiger partial charge in [-0.2, -0.15) is 11.8 Å². The molecule has 6 atom stereocenters. The Morgan fingerprint density at radius 2 is 2.08 bits per heavy atom. The molecule has 4 rings (SSSR count). The first-order valence-corrected chi connectivity index (χ1v) is 11.5. The lowest BCUT2D eigenvalue weighted by Gasteiger charge is -2.59. The quantitative estimate of drug-likeness (QED) is 0.694. The third kappa shape index (κ3) is 2.80. The average Bonchev–Trinajstić information content (AvgIpc) is 2.91. The van der Waals surface area contributed by atoms with Crippen molar-refractivity contribution in [3.63, 3.8) is 0 Å². The monoisotopic (exact) mass is 361 g/mol. The molecule has 1 saturated heterocycles. The van der Waals surface area contributed by atoms with E-state index in [0.29, 0.717) is 11.2 Å². The Labute approximate surface area is 158 Å². The summed E-state index contributed by atoms with van der Waals surface area (Å²) in [6, 6.07) is 0. The van der Waals surface area contributed by atoms with Gasteiger partial charge in [0.1, 0.15) is 0 Å². The fraction of sp³-hybridized carbons (Fsp3) is 0.864. The van der Waals surface area contributed by atoms with Crippen LogP contribution in [0.1, 0.15) is 65.7 Å². The normalized spacial score (nSPS) is 46.3. The van der Waals surface area contributed by atoms with Crippen LogP contribution in [0, 0.1) is 28.6 Å². The summed E-state index contributed by atoms with van der Waals surface area (Å²) in [6.45, 7) is 8.55. The highest BCUT2D eigenvalue weighted by Gasteiger charge is 2.58. The van der Waals surface area contributed by atoms with Crippen molar-refractivity contribution < 1.29 is 4.79 Å². The van der Waals surface area contributed by atoms with Gasteiger partial charge in [0.15, 0.2) is 5.78 Å². The summed E-state index contributed by atoms with van der Waals surface area (Å²) < 4.78 is 0. The summed E-state index contributed by atoms with van der Waals surface area (Å²) in [5, 5.41) is 0.886. The number of allylic oxidation sites excluding steroid dienone is 2. The molecule has 25 heavy (non-hydrogen) atoms. The van der Waals surface area contributed by atoms with Gasteiger partial charge in [-0.3, -0.25) is 4.79 Å². The summed E-state index contributed by atoms with van der Waals surface area (Å²) in [5.74, 6) is 4.17. The summed E-state index contributed by atoms with van der Waals surface area (Å²) in [7, 11) is 2.24. The van der Waals surface area contributed by atoms with Crippen molar-refractivity contribution in [3.8, 4) is 0 Å². The van der Waals surface area contributed by atoms with Crippen LogP contribution in [0.25, 0.3) is 0 Å². The topological polar surface area (TPSA) is 20.3 Å². The molecule has 3 heteroatoms. The smallest absolute Gasteiger partial charge is 0.157 e. The molecule has 0 amide bonds. The number of hydrogen-bond acceptors (Lipinski definition) is 3. The average molecular weight is 362 g/mol. The van der Waals surface area contributed by atoms with Gasteiger partial charge in [0.05, 0.1) is 0 Å². The molecule has 3 aliphatic carbocycles. The Balaban J connectivity index is 1.61. The minimum absolute atomic E-state index is 0.238. The Hall–Kier alpha value is -0.440. The molecule has 0 spiro atoms. The zero-order valence-electron chi connectivity index (χ0n) is 16.5. The molecule has 140 valence electrons. The third-order valence-corrected chi connectivity index (χ3v) is 9.69. The molecule has 4 aliphatic rings. The number of carbonyl (C=O) groups excluding carboxylic acids is 1. The first-order valence-electron chi connectivity index (χ1n) is 10.4. The van der Waals surface area contributed by atoms with E-state index < -0.39 is 0 Å². The van der Waals surface area contributed by atoms with Gasteiger partial charge in [0.2, 0.25) is 0 Å². The number of carbonyl (C=O) groups is 1. The predicted octanol–water partition coefficient (Wildman–Crippen LogP) is 5.14. The minimum atomic E-state index is 0.238. The van der Waals surface area contributed by atoms with E-state index in [-0.39, 0.29) is 5.41 Å².